The summed E-state index contributed by atoms with van der Waals surface area (Å²) in [6, 6.07) is 4.05. The van der Waals surface area contributed by atoms with Gasteiger partial charge in [0, 0.05) is 31.7 Å². The van der Waals surface area contributed by atoms with Crippen LogP contribution in [0.15, 0.2) is 23.1 Å². The Morgan fingerprint density at radius 2 is 1.97 bits per heavy atom. The standard InChI is InChI=1S/C22H33N3O4S/c1-5-20(26)25-12-10-17-13-18(8-9-19(17)25)30(28,29)23-21(15(2)3)22(27)24-11-6-7-16(4)14-24/h8-9,13,15-16,21,23H,5-7,10-12,14H2,1-4H3/t16-,21-/m1/s1. The number of piperidine rings is 1. The Morgan fingerprint density at radius 1 is 1.23 bits per heavy atom. The fraction of sp³-hybridized carbons (Fsp3) is 0.636. The molecule has 2 atom stereocenters. The summed E-state index contributed by atoms with van der Waals surface area (Å²) < 4.78 is 28.9. The molecule has 0 unspecified atom stereocenters. The van der Waals surface area contributed by atoms with Gasteiger partial charge in [-0.05, 0) is 54.9 Å². The third-order valence-electron chi connectivity index (χ3n) is 6.04. The Balaban J connectivity index is 1.80. The van der Waals surface area contributed by atoms with Gasteiger partial charge in [-0.3, -0.25) is 9.59 Å². The first-order valence-corrected chi connectivity index (χ1v) is 12.4. The zero-order valence-corrected chi connectivity index (χ0v) is 19.2. The van der Waals surface area contributed by atoms with Crippen molar-refractivity contribution in [2.45, 2.75) is 64.3 Å². The summed E-state index contributed by atoms with van der Waals surface area (Å²) in [5.74, 6) is 0.138. The maximum atomic E-state index is 13.1. The molecule has 7 nitrogen and oxygen atoms in total. The van der Waals surface area contributed by atoms with Crippen molar-refractivity contribution in [1.29, 1.82) is 0 Å². The molecule has 2 aliphatic heterocycles. The molecule has 1 N–H and O–H groups in total. The van der Waals surface area contributed by atoms with Gasteiger partial charge < -0.3 is 9.80 Å². The molecule has 2 aliphatic rings. The van der Waals surface area contributed by atoms with Gasteiger partial charge in [0.15, 0.2) is 0 Å². The number of hydrogen-bond donors (Lipinski definition) is 1. The number of rotatable bonds is 6. The molecular formula is C22H33N3O4S. The Morgan fingerprint density at radius 3 is 2.60 bits per heavy atom. The molecule has 3 rings (SSSR count). The Labute approximate surface area is 179 Å². The molecule has 0 bridgehead atoms. The Hall–Kier alpha value is -1.93. The lowest BCUT2D eigenvalue weighted by Crippen LogP contribution is -2.53. The monoisotopic (exact) mass is 435 g/mol. The number of fused-ring (bicyclic) bond motifs is 1. The van der Waals surface area contributed by atoms with Gasteiger partial charge in [0.1, 0.15) is 6.04 Å². The van der Waals surface area contributed by atoms with Gasteiger partial charge in [-0.2, -0.15) is 4.72 Å². The highest BCUT2D eigenvalue weighted by molar-refractivity contribution is 7.89. The van der Waals surface area contributed by atoms with Gasteiger partial charge >= 0.3 is 0 Å². The van der Waals surface area contributed by atoms with E-state index in [4.69, 9.17) is 0 Å². The summed E-state index contributed by atoms with van der Waals surface area (Å²) >= 11 is 0. The van der Waals surface area contributed by atoms with Crippen molar-refractivity contribution in [2.24, 2.45) is 11.8 Å². The largest absolute Gasteiger partial charge is 0.341 e. The third-order valence-corrected chi connectivity index (χ3v) is 7.48. The molecule has 0 aliphatic carbocycles. The van der Waals surface area contributed by atoms with Crippen LogP contribution >= 0.6 is 0 Å². The van der Waals surface area contributed by atoms with Crippen molar-refractivity contribution in [1.82, 2.24) is 9.62 Å². The van der Waals surface area contributed by atoms with E-state index in [0.717, 1.165) is 24.1 Å². The van der Waals surface area contributed by atoms with Gasteiger partial charge in [0.05, 0.1) is 4.90 Å². The van der Waals surface area contributed by atoms with Crippen LogP contribution in [-0.4, -0.2) is 50.8 Å². The second kappa shape index (κ2) is 9.06. The number of anilines is 1. The zero-order valence-electron chi connectivity index (χ0n) is 18.3. The molecule has 166 valence electrons. The zero-order chi connectivity index (χ0) is 22.1. The number of likely N-dealkylation sites (tertiary alicyclic amines) is 1. The normalized spacial score (nSPS) is 20.4. The minimum atomic E-state index is -3.87. The third kappa shape index (κ3) is 4.70. The van der Waals surface area contributed by atoms with Crippen LogP contribution in [0, 0.1) is 11.8 Å². The van der Waals surface area contributed by atoms with E-state index in [1.807, 2.05) is 20.8 Å². The minimum absolute atomic E-state index is 0.0312. The Bertz CT molecular complexity index is 913. The average molecular weight is 436 g/mol. The van der Waals surface area contributed by atoms with Crippen molar-refractivity contribution >= 4 is 27.5 Å². The molecule has 0 saturated carbocycles. The van der Waals surface area contributed by atoms with Gasteiger partial charge in [0.25, 0.3) is 0 Å². The molecule has 1 saturated heterocycles. The summed E-state index contributed by atoms with van der Waals surface area (Å²) in [5, 5.41) is 0. The van der Waals surface area contributed by atoms with E-state index in [1.54, 1.807) is 21.9 Å². The van der Waals surface area contributed by atoms with Crippen molar-refractivity contribution < 1.29 is 18.0 Å². The molecule has 0 aromatic heterocycles. The topological polar surface area (TPSA) is 86.8 Å². The second-order valence-corrected chi connectivity index (χ2v) is 10.5. The first kappa shape index (κ1) is 22.7. The molecule has 0 radical (unpaired) electrons. The van der Waals surface area contributed by atoms with Crippen LogP contribution < -0.4 is 9.62 Å². The second-order valence-electron chi connectivity index (χ2n) is 8.81. The maximum Gasteiger partial charge on any atom is 0.241 e. The molecule has 0 spiro atoms. The van der Waals surface area contributed by atoms with Gasteiger partial charge in [-0.1, -0.05) is 27.7 Å². The van der Waals surface area contributed by atoms with Crippen LogP contribution in [0.2, 0.25) is 0 Å². The quantitative estimate of drug-likeness (QED) is 0.744. The fourth-order valence-electron chi connectivity index (χ4n) is 4.29. The number of sulfonamides is 1. The molecule has 1 aromatic carbocycles. The molecule has 1 aromatic rings. The van der Waals surface area contributed by atoms with E-state index >= 15 is 0 Å². The van der Waals surface area contributed by atoms with E-state index in [0.29, 0.717) is 38.4 Å². The number of hydrogen-bond acceptors (Lipinski definition) is 4. The predicted octanol–water partition coefficient (Wildman–Crippen LogP) is 2.55. The van der Waals surface area contributed by atoms with Crippen molar-refractivity contribution in [3.8, 4) is 0 Å². The van der Waals surface area contributed by atoms with Crippen molar-refractivity contribution in [3.05, 3.63) is 23.8 Å². The van der Waals surface area contributed by atoms with Crippen molar-refractivity contribution in [2.75, 3.05) is 24.5 Å². The molecule has 1 fully saturated rings. The highest BCUT2D eigenvalue weighted by atomic mass is 32.2. The lowest BCUT2D eigenvalue weighted by molar-refractivity contribution is -0.135. The smallest absolute Gasteiger partial charge is 0.241 e. The predicted molar refractivity (Wildman–Crippen MR) is 117 cm³/mol. The molecule has 30 heavy (non-hydrogen) atoms. The van der Waals surface area contributed by atoms with Crippen LogP contribution in [0.1, 0.15) is 52.5 Å². The fourth-order valence-corrected chi connectivity index (χ4v) is 5.68. The van der Waals surface area contributed by atoms with Crippen LogP contribution in [0.3, 0.4) is 0 Å². The summed E-state index contributed by atoms with van der Waals surface area (Å²) in [5.41, 5.74) is 1.62. The van der Waals surface area contributed by atoms with Gasteiger partial charge in [0.2, 0.25) is 21.8 Å². The average Bonchev–Trinajstić information content (AvgIpc) is 3.14. The number of carbonyl (C=O) groups excluding carboxylic acids is 2. The number of benzene rings is 1. The van der Waals surface area contributed by atoms with E-state index in [2.05, 4.69) is 11.6 Å². The molecule has 8 heteroatoms. The van der Waals surface area contributed by atoms with E-state index in [-0.39, 0.29) is 22.6 Å². The minimum Gasteiger partial charge on any atom is -0.341 e. The van der Waals surface area contributed by atoms with E-state index in [9.17, 15) is 18.0 Å². The number of nitrogens with zero attached hydrogens (tertiary/aromatic N) is 2. The van der Waals surface area contributed by atoms with E-state index < -0.39 is 16.1 Å². The lowest BCUT2D eigenvalue weighted by atomic mass is 9.97. The highest BCUT2D eigenvalue weighted by Gasteiger charge is 2.34. The van der Waals surface area contributed by atoms with E-state index in [1.165, 1.54) is 6.07 Å². The summed E-state index contributed by atoms with van der Waals surface area (Å²) in [6.45, 7) is 9.56. The first-order valence-electron chi connectivity index (χ1n) is 10.9. The van der Waals surface area contributed by atoms with Gasteiger partial charge in [-0.25, -0.2) is 8.42 Å². The maximum absolute atomic E-state index is 13.1. The first-order chi connectivity index (χ1) is 14.1. The van der Waals surface area contributed by atoms with Crippen LogP contribution in [0.25, 0.3) is 0 Å². The summed E-state index contributed by atoms with van der Waals surface area (Å²) in [7, 11) is -3.87. The van der Waals surface area contributed by atoms with Crippen LogP contribution in [0.4, 0.5) is 5.69 Å². The van der Waals surface area contributed by atoms with Gasteiger partial charge in [-0.15, -0.1) is 0 Å². The molecule has 2 heterocycles. The van der Waals surface area contributed by atoms with Crippen molar-refractivity contribution in [3.63, 3.8) is 0 Å². The summed E-state index contributed by atoms with van der Waals surface area (Å²) in [4.78, 5) is 28.8. The lowest BCUT2D eigenvalue weighted by Gasteiger charge is -2.34. The number of nitrogens with one attached hydrogen (secondary N) is 1. The van der Waals surface area contributed by atoms with Crippen LogP contribution in [0.5, 0.6) is 0 Å². The highest BCUT2D eigenvalue weighted by Crippen LogP contribution is 2.31. The van der Waals surface area contributed by atoms with Crippen LogP contribution in [-0.2, 0) is 26.0 Å². The Kier molecular flexibility index (Phi) is 6.87. The summed E-state index contributed by atoms with van der Waals surface area (Å²) in [6.07, 6.45) is 3.08. The SMILES string of the molecule is CCC(=O)N1CCc2cc(S(=O)(=O)N[C@@H](C(=O)N3CCC[C@@H](C)C3)C(C)C)ccc21. The number of amides is 2. The molecule has 2 amide bonds. The number of carbonyl (C=O) groups is 2. The molecular weight excluding hydrogens is 402 g/mol.